The van der Waals surface area contributed by atoms with E-state index in [2.05, 4.69) is 158 Å². The highest BCUT2D eigenvalue weighted by molar-refractivity contribution is 9.10. The minimum Gasteiger partial charge on any atom is -0.114 e. The zero-order valence-corrected chi connectivity index (χ0v) is 37.8. The molecule has 5 atom stereocenters. The van der Waals surface area contributed by atoms with E-state index in [1.54, 1.807) is 0 Å². The van der Waals surface area contributed by atoms with Crippen LogP contribution in [0.25, 0.3) is 0 Å². The van der Waals surface area contributed by atoms with Gasteiger partial charge in [-0.05, 0) is 112 Å². The maximum absolute atomic E-state index is 3.71. The van der Waals surface area contributed by atoms with Gasteiger partial charge >= 0.3 is 0 Å². The van der Waals surface area contributed by atoms with Crippen molar-refractivity contribution in [3.05, 3.63) is 12.7 Å². The molecule has 0 spiro atoms. The van der Waals surface area contributed by atoms with Gasteiger partial charge in [0.1, 0.15) is 0 Å². The van der Waals surface area contributed by atoms with Gasteiger partial charge in [0.25, 0.3) is 0 Å². The van der Waals surface area contributed by atoms with Crippen molar-refractivity contribution < 1.29 is 0 Å². The molecule has 5 unspecified atom stereocenters. The fraction of sp³-hybridized carbons (Fsp3) is 0.949. The first-order chi connectivity index (χ1) is 18.7. The van der Waals surface area contributed by atoms with Crippen LogP contribution in [0.3, 0.4) is 0 Å². The van der Waals surface area contributed by atoms with Gasteiger partial charge in [0.15, 0.2) is 0 Å². The number of hydrogen-bond donors (Lipinski definition) is 0. The van der Waals surface area contributed by atoms with E-state index in [1.165, 1.54) is 57.8 Å². The van der Waals surface area contributed by atoms with Crippen LogP contribution in [0.1, 0.15) is 175 Å². The molecular formula is C39H84Br4. The van der Waals surface area contributed by atoms with E-state index >= 15 is 0 Å². The molecule has 0 rings (SSSR count). The summed E-state index contributed by atoms with van der Waals surface area (Å²) in [5.41, 5.74) is 0. The quantitative estimate of drug-likeness (QED) is 0.0951. The molecule has 0 aromatic carbocycles. The maximum Gasteiger partial charge on any atom is 0.0201 e. The van der Waals surface area contributed by atoms with Gasteiger partial charge in [0.05, 0.1) is 0 Å². The summed E-state index contributed by atoms with van der Waals surface area (Å²) in [4.78, 5) is 0.682. The Morgan fingerprint density at radius 3 is 1.26 bits per heavy atom. The van der Waals surface area contributed by atoms with Gasteiger partial charge in [0.2, 0.25) is 0 Å². The van der Waals surface area contributed by atoms with Crippen molar-refractivity contribution in [2.24, 2.45) is 47.3 Å². The predicted molar refractivity (Wildman–Crippen MR) is 225 cm³/mol. The highest BCUT2D eigenvalue weighted by Gasteiger charge is 2.14. The lowest BCUT2D eigenvalue weighted by molar-refractivity contribution is 0.392. The molecule has 0 aromatic rings. The van der Waals surface area contributed by atoms with Gasteiger partial charge in [0, 0.05) is 14.5 Å². The molecule has 0 bridgehead atoms. The second-order valence-electron chi connectivity index (χ2n) is 15.6. The monoisotopic (exact) mass is 868 g/mol. The lowest BCUT2D eigenvalue weighted by Crippen LogP contribution is -2.11. The lowest BCUT2D eigenvalue weighted by atomic mass is 9.92. The van der Waals surface area contributed by atoms with E-state index in [0.29, 0.717) is 9.15 Å². The summed E-state index contributed by atoms with van der Waals surface area (Å²) in [5, 5.41) is 1.16. The van der Waals surface area contributed by atoms with Crippen LogP contribution in [-0.2, 0) is 0 Å². The molecular weight excluding hydrogens is 788 g/mol. The van der Waals surface area contributed by atoms with Gasteiger partial charge in [-0.15, -0.1) is 23.6 Å². The highest BCUT2D eigenvalue weighted by atomic mass is 79.9. The van der Waals surface area contributed by atoms with E-state index in [1.807, 2.05) is 6.08 Å². The van der Waals surface area contributed by atoms with E-state index in [-0.39, 0.29) is 24.4 Å². The van der Waals surface area contributed by atoms with Gasteiger partial charge in [-0.25, -0.2) is 0 Å². The molecule has 0 nitrogen and oxygen atoms in total. The van der Waals surface area contributed by atoms with Crippen molar-refractivity contribution in [3.63, 3.8) is 0 Å². The molecule has 0 heterocycles. The Labute approximate surface area is 312 Å². The summed E-state index contributed by atoms with van der Waals surface area (Å²) in [5.74, 6) is 6.88. The highest BCUT2D eigenvalue weighted by Crippen LogP contribution is 2.27. The summed E-state index contributed by atoms with van der Waals surface area (Å²) in [6.45, 7) is 38.0. The Morgan fingerprint density at radius 1 is 0.605 bits per heavy atom. The van der Waals surface area contributed by atoms with Crippen LogP contribution in [0, 0.1) is 47.3 Å². The lowest BCUT2D eigenvalue weighted by Gasteiger charge is -2.20. The van der Waals surface area contributed by atoms with Crippen LogP contribution in [0.2, 0.25) is 0 Å². The Hall–Kier alpha value is 1.66. The summed E-state index contributed by atoms with van der Waals surface area (Å²) in [7, 11) is 0. The fourth-order valence-electron chi connectivity index (χ4n) is 5.50. The Bertz CT molecular complexity index is 510. The predicted octanol–water partition coefficient (Wildman–Crippen LogP) is 16.8. The number of hydrogen-bond acceptors (Lipinski definition) is 0. The summed E-state index contributed by atoms with van der Waals surface area (Å²) in [6.07, 6.45) is 15.2. The maximum atomic E-state index is 3.71. The molecule has 0 saturated carbocycles. The van der Waals surface area contributed by atoms with E-state index in [9.17, 15) is 0 Å². The third kappa shape index (κ3) is 63.1. The average Bonchev–Trinajstić information content (AvgIpc) is 2.75. The van der Waals surface area contributed by atoms with E-state index < -0.39 is 0 Å². The van der Waals surface area contributed by atoms with Crippen molar-refractivity contribution in [2.45, 2.75) is 185 Å². The molecule has 0 radical (unpaired) electrons. The first-order valence-corrected chi connectivity index (χ1v) is 20.0. The van der Waals surface area contributed by atoms with Crippen LogP contribution in [-0.4, -0.2) is 14.5 Å². The molecule has 0 aliphatic carbocycles. The smallest absolute Gasteiger partial charge is 0.0201 e. The van der Waals surface area contributed by atoms with Crippen molar-refractivity contribution in [3.8, 4) is 0 Å². The second-order valence-corrected chi connectivity index (χ2v) is 20.1. The van der Waals surface area contributed by atoms with Gasteiger partial charge in [-0.1, -0.05) is 165 Å². The number of halogens is 4. The van der Waals surface area contributed by atoms with Gasteiger partial charge in [-0.2, -0.15) is 0 Å². The normalized spacial score (nSPS) is 14.5. The SMILES string of the molecule is Br.C.C=CCC(C)CC(C)C.CC(C)CC(C)CC(C)Br.CC(C)CC(C)CCC(C)(C)Br.CC(C)CC(C)CCCBr. The zero-order valence-electron chi connectivity index (χ0n) is 31.3. The molecule has 0 saturated heterocycles. The molecule has 43 heavy (non-hydrogen) atoms. The standard InChI is InChI=1S/C11H23Br.2C9H19Br.C9H18.CH4.BrH/c1-9(2)8-10(3)6-7-11(4,5)12;1-7(2)5-8(3)6-9(4)10;1-8(2)7-9(3)5-4-6-10;1-5-6-9(4)7-8(2)3;;/h9-10H,6-8H2,1-5H3;7-9H,5-6H2,1-4H3;8-9H,4-7H2,1-3H3;5,8-9H,1,6-7H2,2-4H3;1H4;1H. The summed E-state index contributed by atoms with van der Waals surface area (Å²) < 4.78 is 0.332. The fourth-order valence-corrected chi connectivity index (χ4v) is 6.69. The minimum atomic E-state index is 0. The molecule has 0 amide bonds. The Morgan fingerprint density at radius 2 is 0.953 bits per heavy atom. The molecule has 0 N–H and O–H groups in total. The first-order valence-electron chi connectivity index (χ1n) is 17.2. The van der Waals surface area contributed by atoms with Crippen LogP contribution in [0.4, 0.5) is 0 Å². The number of allylic oxidation sites excluding steroid dienone is 1. The second kappa shape index (κ2) is 36.5. The summed E-state index contributed by atoms with van der Waals surface area (Å²) >= 11 is 10.7. The Kier molecular flexibility index (Phi) is 48.3. The third-order valence-electron chi connectivity index (χ3n) is 6.85. The van der Waals surface area contributed by atoms with Gasteiger partial charge in [-0.3, -0.25) is 0 Å². The average molecular weight is 873 g/mol. The van der Waals surface area contributed by atoms with Crippen molar-refractivity contribution in [1.29, 1.82) is 0 Å². The van der Waals surface area contributed by atoms with Crippen molar-refractivity contribution in [2.75, 3.05) is 5.33 Å². The van der Waals surface area contributed by atoms with Crippen LogP contribution >= 0.6 is 64.8 Å². The van der Waals surface area contributed by atoms with Crippen LogP contribution in [0.15, 0.2) is 12.7 Å². The number of alkyl halides is 3. The van der Waals surface area contributed by atoms with Crippen LogP contribution < -0.4 is 0 Å². The molecule has 0 aromatic heterocycles. The van der Waals surface area contributed by atoms with Gasteiger partial charge < -0.3 is 0 Å². The number of rotatable bonds is 18. The first kappa shape index (κ1) is 57.0. The molecule has 268 valence electrons. The molecule has 0 aliphatic heterocycles. The minimum absolute atomic E-state index is 0. The summed E-state index contributed by atoms with van der Waals surface area (Å²) in [6, 6.07) is 0. The largest absolute Gasteiger partial charge is 0.114 e. The van der Waals surface area contributed by atoms with Crippen LogP contribution in [0.5, 0.6) is 0 Å². The molecule has 0 aliphatic rings. The molecule has 4 heteroatoms. The topological polar surface area (TPSA) is 0 Å². The van der Waals surface area contributed by atoms with E-state index in [4.69, 9.17) is 0 Å². The third-order valence-corrected chi connectivity index (χ3v) is 8.18. The van der Waals surface area contributed by atoms with Crippen molar-refractivity contribution in [1.82, 2.24) is 0 Å². The van der Waals surface area contributed by atoms with Crippen molar-refractivity contribution >= 4 is 64.8 Å². The zero-order chi connectivity index (χ0) is 33.2. The molecule has 0 fully saturated rings. The van der Waals surface area contributed by atoms with E-state index in [0.717, 1.165) is 59.1 Å². The Balaban J connectivity index is -0.000000105.